The molecule has 1 aromatic heterocycles. The number of pyridine rings is 1. The van der Waals surface area contributed by atoms with E-state index in [1.54, 1.807) is 6.20 Å². The maximum Gasteiger partial charge on any atom is 0.314 e. The molecule has 122 valence electrons. The van der Waals surface area contributed by atoms with Crippen LogP contribution in [0.4, 0.5) is 9.18 Å². The number of urea groups is 1. The largest absolute Gasteiger partial charge is 0.387 e. The van der Waals surface area contributed by atoms with E-state index in [0.29, 0.717) is 18.5 Å². The van der Waals surface area contributed by atoms with Gasteiger partial charge >= 0.3 is 6.03 Å². The van der Waals surface area contributed by atoms with E-state index in [9.17, 15) is 14.3 Å². The van der Waals surface area contributed by atoms with Gasteiger partial charge in [0.1, 0.15) is 5.82 Å². The molecule has 2 amide bonds. The van der Waals surface area contributed by atoms with Gasteiger partial charge in [0, 0.05) is 25.0 Å². The van der Waals surface area contributed by atoms with Crippen LogP contribution in [0.15, 0.2) is 42.6 Å². The Morgan fingerprint density at radius 1 is 1.22 bits per heavy atom. The summed E-state index contributed by atoms with van der Waals surface area (Å²) in [6, 6.07) is 9.07. The van der Waals surface area contributed by atoms with Crippen LogP contribution < -0.4 is 10.6 Å². The van der Waals surface area contributed by atoms with Crippen LogP contribution in [-0.2, 0) is 6.42 Å². The molecule has 2 aromatic rings. The van der Waals surface area contributed by atoms with Crippen molar-refractivity contribution in [1.82, 2.24) is 15.6 Å². The Kier molecular flexibility index (Phi) is 6.05. The van der Waals surface area contributed by atoms with Crippen molar-refractivity contribution in [3.8, 4) is 0 Å². The number of nitrogens with one attached hydrogen (secondary N) is 2. The monoisotopic (exact) mass is 317 g/mol. The molecule has 0 saturated heterocycles. The van der Waals surface area contributed by atoms with E-state index in [1.807, 2.05) is 19.1 Å². The number of carbonyl (C=O) groups excluding carboxylic acids is 1. The van der Waals surface area contributed by atoms with Crippen LogP contribution in [0.25, 0.3) is 0 Å². The minimum Gasteiger partial charge on any atom is -0.387 e. The van der Waals surface area contributed by atoms with E-state index in [2.05, 4.69) is 15.6 Å². The summed E-state index contributed by atoms with van der Waals surface area (Å²) in [5.41, 5.74) is 2.55. The smallest absolute Gasteiger partial charge is 0.314 e. The van der Waals surface area contributed by atoms with Crippen molar-refractivity contribution in [2.24, 2.45) is 0 Å². The fourth-order valence-electron chi connectivity index (χ4n) is 2.02. The number of aliphatic hydroxyl groups excluding tert-OH is 1. The molecule has 1 unspecified atom stereocenters. The van der Waals surface area contributed by atoms with E-state index in [4.69, 9.17) is 0 Å². The second-order valence-corrected chi connectivity index (χ2v) is 5.26. The molecule has 0 radical (unpaired) electrons. The van der Waals surface area contributed by atoms with Gasteiger partial charge in [-0.25, -0.2) is 9.18 Å². The Morgan fingerprint density at radius 3 is 2.61 bits per heavy atom. The molecule has 0 bridgehead atoms. The predicted octanol–water partition coefficient (Wildman–Crippen LogP) is 2.10. The molecule has 1 heterocycles. The number of carbonyl (C=O) groups is 1. The molecule has 2 rings (SSSR count). The van der Waals surface area contributed by atoms with Crippen LogP contribution in [0.1, 0.15) is 22.9 Å². The zero-order valence-corrected chi connectivity index (χ0v) is 12.9. The molecule has 0 saturated carbocycles. The first kappa shape index (κ1) is 16.9. The number of aliphatic hydroxyl groups is 1. The summed E-state index contributed by atoms with van der Waals surface area (Å²) in [5.74, 6) is -0.364. The zero-order chi connectivity index (χ0) is 16.7. The maximum absolute atomic E-state index is 12.8. The number of halogens is 1. The first-order valence-corrected chi connectivity index (χ1v) is 7.41. The third kappa shape index (κ3) is 5.67. The average Bonchev–Trinajstić information content (AvgIpc) is 2.55. The summed E-state index contributed by atoms with van der Waals surface area (Å²) in [5, 5.41) is 15.2. The first-order chi connectivity index (χ1) is 11.0. The number of aryl methyl sites for hydroxylation is 1. The molecule has 0 aliphatic carbocycles. The van der Waals surface area contributed by atoms with E-state index in [-0.39, 0.29) is 18.4 Å². The number of amides is 2. The number of rotatable bonds is 6. The number of hydrogen-bond donors (Lipinski definition) is 3. The van der Waals surface area contributed by atoms with Gasteiger partial charge in [-0.3, -0.25) is 4.98 Å². The molecule has 23 heavy (non-hydrogen) atoms. The van der Waals surface area contributed by atoms with Crippen molar-refractivity contribution >= 4 is 6.03 Å². The summed E-state index contributed by atoms with van der Waals surface area (Å²) >= 11 is 0. The van der Waals surface area contributed by atoms with Crippen LogP contribution in [0, 0.1) is 12.7 Å². The lowest BCUT2D eigenvalue weighted by Crippen LogP contribution is -2.38. The predicted molar refractivity (Wildman–Crippen MR) is 85.4 cm³/mol. The number of hydrogen-bond acceptors (Lipinski definition) is 3. The van der Waals surface area contributed by atoms with Gasteiger partial charge in [0.25, 0.3) is 0 Å². The summed E-state index contributed by atoms with van der Waals surface area (Å²) < 4.78 is 12.8. The highest BCUT2D eigenvalue weighted by molar-refractivity contribution is 5.73. The highest BCUT2D eigenvalue weighted by atomic mass is 19.1. The highest BCUT2D eigenvalue weighted by Crippen LogP contribution is 2.12. The fourth-order valence-corrected chi connectivity index (χ4v) is 2.02. The topological polar surface area (TPSA) is 74.2 Å². The van der Waals surface area contributed by atoms with Gasteiger partial charge in [0.15, 0.2) is 0 Å². The minimum atomic E-state index is -0.873. The molecule has 0 spiro atoms. The molecule has 1 atom stereocenters. The Balaban J connectivity index is 1.68. The van der Waals surface area contributed by atoms with E-state index in [1.165, 1.54) is 24.3 Å². The summed E-state index contributed by atoms with van der Waals surface area (Å²) in [6.07, 6.45) is 1.59. The van der Waals surface area contributed by atoms with Gasteiger partial charge in [0.05, 0.1) is 6.10 Å². The Bertz CT molecular complexity index is 629. The van der Waals surface area contributed by atoms with Gasteiger partial charge < -0.3 is 15.7 Å². The average molecular weight is 317 g/mol. The van der Waals surface area contributed by atoms with Crippen LogP contribution in [0.5, 0.6) is 0 Å². The lowest BCUT2D eigenvalue weighted by atomic mass is 10.1. The zero-order valence-electron chi connectivity index (χ0n) is 12.9. The van der Waals surface area contributed by atoms with E-state index in [0.717, 1.165) is 11.3 Å². The minimum absolute atomic E-state index is 0.0591. The van der Waals surface area contributed by atoms with Crippen LogP contribution in [0.3, 0.4) is 0 Å². The van der Waals surface area contributed by atoms with Crippen molar-refractivity contribution in [2.45, 2.75) is 19.4 Å². The Hall–Kier alpha value is -2.47. The molecule has 1 aromatic carbocycles. The van der Waals surface area contributed by atoms with Crippen molar-refractivity contribution in [2.75, 3.05) is 13.1 Å². The van der Waals surface area contributed by atoms with Crippen molar-refractivity contribution in [3.05, 3.63) is 65.2 Å². The quantitative estimate of drug-likeness (QED) is 0.764. The number of nitrogens with zero attached hydrogens (tertiary/aromatic N) is 1. The molecular formula is C17H20FN3O2. The molecule has 0 aliphatic heterocycles. The van der Waals surface area contributed by atoms with Crippen LogP contribution in [0.2, 0.25) is 0 Å². The standard InChI is InChI=1S/C17H20FN3O2/c1-12-2-3-13(10-20-12)8-9-19-17(23)21-11-16(22)14-4-6-15(18)7-5-14/h2-7,10,16,22H,8-9,11H2,1H3,(H2,19,21,23). The first-order valence-electron chi connectivity index (χ1n) is 7.41. The molecule has 5 nitrogen and oxygen atoms in total. The SMILES string of the molecule is Cc1ccc(CCNC(=O)NCC(O)c2ccc(F)cc2)cn1. The number of aromatic nitrogens is 1. The third-order valence-electron chi connectivity index (χ3n) is 3.38. The normalized spacial score (nSPS) is 11.8. The second kappa shape index (κ2) is 8.24. The summed E-state index contributed by atoms with van der Waals surface area (Å²) in [6.45, 7) is 2.45. The Labute approximate surface area is 134 Å². The molecule has 0 aliphatic rings. The van der Waals surface area contributed by atoms with Gasteiger partial charge in [-0.1, -0.05) is 18.2 Å². The van der Waals surface area contributed by atoms with Gasteiger partial charge in [0.2, 0.25) is 0 Å². The van der Waals surface area contributed by atoms with E-state index < -0.39 is 6.10 Å². The van der Waals surface area contributed by atoms with Crippen LogP contribution in [-0.4, -0.2) is 29.2 Å². The maximum atomic E-state index is 12.8. The highest BCUT2D eigenvalue weighted by Gasteiger charge is 2.09. The lowest BCUT2D eigenvalue weighted by Gasteiger charge is -2.13. The molecular weight excluding hydrogens is 297 g/mol. The lowest BCUT2D eigenvalue weighted by molar-refractivity contribution is 0.173. The van der Waals surface area contributed by atoms with Gasteiger partial charge in [-0.2, -0.15) is 0 Å². The van der Waals surface area contributed by atoms with E-state index >= 15 is 0 Å². The van der Waals surface area contributed by atoms with Gasteiger partial charge in [-0.05, 0) is 42.7 Å². The summed E-state index contributed by atoms with van der Waals surface area (Å²) in [4.78, 5) is 15.9. The van der Waals surface area contributed by atoms with Crippen molar-refractivity contribution in [1.29, 1.82) is 0 Å². The van der Waals surface area contributed by atoms with Crippen molar-refractivity contribution < 1.29 is 14.3 Å². The number of benzene rings is 1. The Morgan fingerprint density at radius 2 is 1.96 bits per heavy atom. The van der Waals surface area contributed by atoms with Gasteiger partial charge in [-0.15, -0.1) is 0 Å². The van der Waals surface area contributed by atoms with Crippen LogP contribution >= 0.6 is 0 Å². The molecule has 3 N–H and O–H groups in total. The molecule has 6 heteroatoms. The second-order valence-electron chi connectivity index (χ2n) is 5.26. The molecule has 0 fully saturated rings. The third-order valence-corrected chi connectivity index (χ3v) is 3.38. The van der Waals surface area contributed by atoms with Crippen molar-refractivity contribution in [3.63, 3.8) is 0 Å². The fraction of sp³-hybridized carbons (Fsp3) is 0.294. The summed E-state index contributed by atoms with van der Waals surface area (Å²) in [7, 11) is 0.